The topological polar surface area (TPSA) is 22.1 Å². The molecule has 102 valence electrons. The lowest BCUT2D eigenvalue weighted by molar-refractivity contribution is 0.140. The molecule has 1 aliphatic rings. The summed E-state index contributed by atoms with van der Waals surface area (Å²) < 4.78 is 6.40. The maximum atomic E-state index is 6.40. The van der Waals surface area contributed by atoms with Gasteiger partial charge in [0.25, 0.3) is 0 Å². The Morgan fingerprint density at radius 3 is 2.71 bits per heavy atom. The molecule has 4 rings (SSSR count). The molecule has 0 fully saturated rings. The van der Waals surface area contributed by atoms with Crippen LogP contribution >= 0.6 is 0 Å². The number of hydrogen-bond donors (Lipinski definition) is 0. The minimum absolute atomic E-state index is 0.439. The molecule has 0 saturated carbocycles. The molecule has 3 aromatic rings. The Kier molecular flexibility index (Phi) is 2.58. The zero-order chi connectivity index (χ0) is 14.3. The number of benzene rings is 2. The molecule has 0 saturated heterocycles. The van der Waals surface area contributed by atoms with E-state index >= 15 is 0 Å². The van der Waals surface area contributed by atoms with E-state index < -0.39 is 5.60 Å². The van der Waals surface area contributed by atoms with Crippen molar-refractivity contribution in [3.63, 3.8) is 0 Å². The molecule has 2 nitrogen and oxygen atoms in total. The van der Waals surface area contributed by atoms with Crippen LogP contribution in [0.5, 0.6) is 5.75 Å². The average Bonchev–Trinajstić information content (AvgIpc) is 2.55. The van der Waals surface area contributed by atoms with Gasteiger partial charge in [0, 0.05) is 28.7 Å². The lowest BCUT2D eigenvalue weighted by Gasteiger charge is -2.32. The van der Waals surface area contributed by atoms with E-state index in [4.69, 9.17) is 4.74 Å². The fraction of sp³-hybridized carbons (Fsp3) is 0.105. The second kappa shape index (κ2) is 4.45. The predicted octanol–water partition coefficient (Wildman–Crippen LogP) is 4.56. The summed E-state index contributed by atoms with van der Waals surface area (Å²) in [6, 6.07) is 16.5. The van der Waals surface area contributed by atoms with Crippen LogP contribution in [0, 0.1) is 0 Å². The third-order valence-electron chi connectivity index (χ3n) is 4.04. The molecular weight excluding hydrogens is 258 g/mol. The van der Waals surface area contributed by atoms with Crippen LogP contribution in [-0.2, 0) is 5.60 Å². The molecule has 2 aromatic carbocycles. The molecule has 21 heavy (non-hydrogen) atoms. The van der Waals surface area contributed by atoms with Crippen LogP contribution in [0.1, 0.15) is 18.1 Å². The van der Waals surface area contributed by atoms with E-state index in [-0.39, 0.29) is 0 Å². The Hall–Kier alpha value is -2.61. The van der Waals surface area contributed by atoms with Gasteiger partial charge in [-0.1, -0.05) is 48.5 Å². The van der Waals surface area contributed by atoms with E-state index in [1.54, 1.807) is 0 Å². The van der Waals surface area contributed by atoms with Crippen LogP contribution in [0.3, 0.4) is 0 Å². The smallest absolute Gasteiger partial charge is 0.150 e. The van der Waals surface area contributed by atoms with Gasteiger partial charge in [-0.25, -0.2) is 0 Å². The summed E-state index contributed by atoms with van der Waals surface area (Å²) in [5.41, 5.74) is 1.83. The normalized spacial score (nSPS) is 20.0. The van der Waals surface area contributed by atoms with E-state index in [1.165, 1.54) is 0 Å². The van der Waals surface area contributed by atoms with Gasteiger partial charge >= 0.3 is 0 Å². The largest absolute Gasteiger partial charge is 0.477 e. The molecule has 0 bridgehead atoms. The van der Waals surface area contributed by atoms with Gasteiger partial charge in [0.15, 0.2) is 0 Å². The molecule has 0 spiro atoms. The molecule has 0 unspecified atom stereocenters. The van der Waals surface area contributed by atoms with Crippen LogP contribution < -0.4 is 4.74 Å². The minimum Gasteiger partial charge on any atom is -0.477 e. The standard InChI is InChI=1S/C19H15NO/c1-19(16-5-3-2-4-6-16)11-9-14-7-8-15-13-20-12-10-17(15)18(14)21-19/h2-13H,1H3/t19-/m0/s1. The van der Waals surface area contributed by atoms with Crippen molar-refractivity contribution in [1.82, 2.24) is 4.98 Å². The fourth-order valence-corrected chi connectivity index (χ4v) is 2.82. The maximum Gasteiger partial charge on any atom is 0.150 e. The Labute approximate surface area is 123 Å². The first-order valence-corrected chi connectivity index (χ1v) is 7.07. The Balaban J connectivity index is 1.90. The summed E-state index contributed by atoms with van der Waals surface area (Å²) in [5.74, 6) is 0.934. The van der Waals surface area contributed by atoms with Crippen molar-refractivity contribution < 1.29 is 4.74 Å². The molecule has 1 aromatic heterocycles. The van der Waals surface area contributed by atoms with E-state index in [0.29, 0.717) is 0 Å². The zero-order valence-electron chi connectivity index (χ0n) is 11.8. The zero-order valence-corrected chi connectivity index (χ0v) is 11.8. The van der Waals surface area contributed by atoms with Crippen molar-refractivity contribution in [1.29, 1.82) is 0 Å². The molecular formula is C19H15NO. The van der Waals surface area contributed by atoms with Gasteiger partial charge in [0.2, 0.25) is 0 Å². The van der Waals surface area contributed by atoms with E-state index in [9.17, 15) is 0 Å². The van der Waals surface area contributed by atoms with E-state index in [0.717, 1.165) is 27.6 Å². The van der Waals surface area contributed by atoms with Crippen LogP contribution in [0.2, 0.25) is 0 Å². The molecule has 1 atom stereocenters. The lowest BCUT2D eigenvalue weighted by atomic mass is 9.91. The van der Waals surface area contributed by atoms with Gasteiger partial charge in [0.1, 0.15) is 11.4 Å². The summed E-state index contributed by atoms with van der Waals surface area (Å²) >= 11 is 0. The summed E-state index contributed by atoms with van der Waals surface area (Å²) in [6.07, 6.45) is 7.95. The molecule has 0 aliphatic carbocycles. The number of aromatic nitrogens is 1. The summed E-state index contributed by atoms with van der Waals surface area (Å²) in [7, 11) is 0. The number of pyridine rings is 1. The minimum atomic E-state index is -0.439. The summed E-state index contributed by atoms with van der Waals surface area (Å²) in [4.78, 5) is 4.18. The van der Waals surface area contributed by atoms with Crippen LogP contribution in [0.4, 0.5) is 0 Å². The lowest BCUT2D eigenvalue weighted by Crippen LogP contribution is -2.29. The molecule has 0 radical (unpaired) electrons. The molecule has 0 amide bonds. The van der Waals surface area contributed by atoms with Crippen molar-refractivity contribution in [2.45, 2.75) is 12.5 Å². The first-order valence-electron chi connectivity index (χ1n) is 7.07. The third-order valence-corrected chi connectivity index (χ3v) is 4.04. The summed E-state index contributed by atoms with van der Waals surface area (Å²) in [6.45, 7) is 2.10. The average molecular weight is 273 g/mol. The fourth-order valence-electron chi connectivity index (χ4n) is 2.82. The van der Waals surface area contributed by atoms with Crippen molar-refractivity contribution in [3.05, 3.63) is 78.1 Å². The van der Waals surface area contributed by atoms with Crippen molar-refractivity contribution in [2.75, 3.05) is 0 Å². The SMILES string of the molecule is C[C@@]1(c2ccccc2)C=Cc2ccc3cnccc3c2O1. The molecule has 1 aliphatic heterocycles. The third kappa shape index (κ3) is 1.91. The molecule has 2 heteroatoms. The Morgan fingerprint density at radius 2 is 1.86 bits per heavy atom. The van der Waals surface area contributed by atoms with Gasteiger partial charge in [0.05, 0.1) is 0 Å². The quantitative estimate of drug-likeness (QED) is 0.648. The number of rotatable bonds is 1. The second-order valence-electron chi connectivity index (χ2n) is 5.49. The molecule has 0 N–H and O–H groups in total. The Morgan fingerprint density at radius 1 is 1.00 bits per heavy atom. The van der Waals surface area contributed by atoms with Gasteiger partial charge in [-0.2, -0.15) is 0 Å². The number of ether oxygens (including phenoxy) is 1. The number of hydrogen-bond acceptors (Lipinski definition) is 2. The van der Waals surface area contributed by atoms with Crippen LogP contribution in [-0.4, -0.2) is 4.98 Å². The number of fused-ring (bicyclic) bond motifs is 3. The first kappa shape index (κ1) is 12.2. The highest BCUT2D eigenvalue weighted by atomic mass is 16.5. The van der Waals surface area contributed by atoms with Crippen molar-refractivity contribution >= 4 is 16.8 Å². The van der Waals surface area contributed by atoms with Crippen LogP contribution in [0.25, 0.3) is 16.8 Å². The summed E-state index contributed by atoms with van der Waals surface area (Å²) in [5, 5.41) is 2.20. The predicted molar refractivity (Wildman–Crippen MR) is 85.2 cm³/mol. The van der Waals surface area contributed by atoms with E-state index in [1.807, 2.05) is 36.7 Å². The highest BCUT2D eigenvalue weighted by Gasteiger charge is 2.30. The highest BCUT2D eigenvalue weighted by Crippen LogP contribution is 2.40. The Bertz CT molecular complexity index is 839. The molecule has 2 heterocycles. The van der Waals surface area contributed by atoms with Gasteiger partial charge < -0.3 is 4.74 Å². The van der Waals surface area contributed by atoms with Gasteiger partial charge in [-0.05, 0) is 24.6 Å². The van der Waals surface area contributed by atoms with Crippen LogP contribution in [0.15, 0.2) is 67.0 Å². The first-order chi connectivity index (χ1) is 10.3. The second-order valence-corrected chi connectivity index (χ2v) is 5.49. The number of nitrogens with zero attached hydrogens (tertiary/aromatic N) is 1. The van der Waals surface area contributed by atoms with Gasteiger partial charge in [-0.3, -0.25) is 4.98 Å². The van der Waals surface area contributed by atoms with Crippen molar-refractivity contribution in [3.8, 4) is 5.75 Å². The van der Waals surface area contributed by atoms with E-state index in [2.05, 4.69) is 48.3 Å². The van der Waals surface area contributed by atoms with Crippen molar-refractivity contribution in [2.24, 2.45) is 0 Å². The van der Waals surface area contributed by atoms with Gasteiger partial charge in [-0.15, -0.1) is 0 Å². The maximum absolute atomic E-state index is 6.40. The monoisotopic (exact) mass is 273 g/mol. The highest BCUT2D eigenvalue weighted by molar-refractivity contribution is 5.91.